The van der Waals surface area contributed by atoms with Gasteiger partial charge in [-0.1, -0.05) is 17.7 Å². The summed E-state index contributed by atoms with van der Waals surface area (Å²) in [5.41, 5.74) is 8.74. The van der Waals surface area contributed by atoms with E-state index in [2.05, 4.69) is 31.0 Å². The van der Waals surface area contributed by atoms with Gasteiger partial charge in [0.25, 0.3) is 5.91 Å². The molecule has 2 aliphatic rings. The van der Waals surface area contributed by atoms with Crippen molar-refractivity contribution < 1.29 is 23.5 Å². The minimum absolute atomic E-state index is 0.0668. The maximum atomic E-state index is 14.2. The van der Waals surface area contributed by atoms with E-state index < -0.39 is 23.9 Å². The third-order valence-corrected chi connectivity index (χ3v) is 7.07. The second-order valence-corrected chi connectivity index (χ2v) is 10.4. The molecule has 1 atom stereocenters. The zero-order valence-corrected chi connectivity index (χ0v) is 22.7. The number of benzene rings is 1. The van der Waals surface area contributed by atoms with Crippen molar-refractivity contribution in [1.82, 2.24) is 24.9 Å². The monoisotopic (exact) mass is 580 g/mol. The second-order valence-electron chi connectivity index (χ2n) is 9.99. The minimum Gasteiger partial charge on any atom is -0.473 e. The normalized spacial score (nSPS) is 16.9. The molecule has 4 aromatic rings. The van der Waals surface area contributed by atoms with Crippen molar-refractivity contribution in [2.24, 2.45) is 5.92 Å². The number of carbonyl (C=O) groups excluding carboxylic acids is 2. The molecule has 2 amide bonds. The second kappa shape index (κ2) is 10.7. The number of nitrogens with zero attached hydrogens (tertiary/aromatic N) is 4. The van der Waals surface area contributed by atoms with Crippen molar-refractivity contribution in [3.05, 3.63) is 58.6 Å². The number of hydrogen-bond acceptors (Lipinski definition) is 9. The number of anilines is 3. The van der Waals surface area contributed by atoms with E-state index in [0.717, 1.165) is 19.0 Å². The molecule has 14 heteroatoms. The van der Waals surface area contributed by atoms with Gasteiger partial charge >= 0.3 is 6.09 Å². The van der Waals surface area contributed by atoms with E-state index in [1.54, 1.807) is 25.1 Å². The van der Waals surface area contributed by atoms with Crippen LogP contribution in [0.15, 0.2) is 36.7 Å². The zero-order valence-electron chi connectivity index (χ0n) is 21.9. The van der Waals surface area contributed by atoms with Crippen LogP contribution in [0, 0.1) is 11.7 Å². The minimum atomic E-state index is -0.568. The first kappa shape index (κ1) is 26.6. The lowest BCUT2D eigenvalue weighted by atomic mass is 10.1. The molecule has 1 aliphatic heterocycles. The lowest BCUT2D eigenvalue weighted by Crippen LogP contribution is -2.33. The average Bonchev–Trinajstić information content (AvgIpc) is 3.67. The van der Waals surface area contributed by atoms with Gasteiger partial charge in [0.1, 0.15) is 29.1 Å². The molecule has 12 nitrogen and oxygen atoms in total. The van der Waals surface area contributed by atoms with E-state index in [-0.39, 0.29) is 46.8 Å². The number of fused-ring (bicyclic) bond motifs is 2. The highest BCUT2D eigenvalue weighted by molar-refractivity contribution is 6.34. The summed E-state index contributed by atoms with van der Waals surface area (Å²) in [6.07, 6.45) is 3.54. The van der Waals surface area contributed by atoms with Gasteiger partial charge in [-0.15, -0.1) is 0 Å². The molecule has 41 heavy (non-hydrogen) atoms. The Labute approximate surface area is 238 Å². The summed E-state index contributed by atoms with van der Waals surface area (Å²) in [6.45, 7) is 2.37. The SMILES string of the molecule is C[C@H]1CNC(=O)c2cnn3c(N)c(-c4ccc(NC(=O)OCC5CC5)cc4Cl)c(nc23)NCc2cc(F)cnc2O1. The molecule has 0 unspecified atom stereocenters. The van der Waals surface area contributed by atoms with Gasteiger partial charge in [0.05, 0.1) is 36.1 Å². The molecule has 212 valence electrons. The fraction of sp³-hybridized carbons (Fsp3) is 0.296. The zero-order chi connectivity index (χ0) is 28.7. The number of hydrogen-bond donors (Lipinski definition) is 4. The van der Waals surface area contributed by atoms with Gasteiger partial charge in [0.15, 0.2) is 5.65 Å². The van der Waals surface area contributed by atoms with E-state index in [1.807, 2.05) is 0 Å². The van der Waals surface area contributed by atoms with Gasteiger partial charge in [-0.3, -0.25) is 10.1 Å². The Kier molecular flexibility index (Phi) is 6.95. The van der Waals surface area contributed by atoms with Crippen molar-refractivity contribution in [3.63, 3.8) is 0 Å². The van der Waals surface area contributed by atoms with Crippen LogP contribution >= 0.6 is 11.6 Å². The van der Waals surface area contributed by atoms with Gasteiger partial charge < -0.3 is 25.8 Å². The number of carbonyl (C=O) groups is 2. The maximum absolute atomic E-state index is 14.2. The summed E-state index contributed by atoms with van der Waals surface area (Å²) in [5, 5.41) is 13.2. The quantitative estimate of drug-likeness (QED) is 0.277. The van der Waals surface area contributed by atoms with Crippen molar-refractivity contribution in [1.29, 1.82) is 0 Å². The summed E-state index contributed by atoms with van der Waals surface area (Å²) in [4.78, 5) is 34.0. The van der Waals surface area contributed by atoms with Crippen LogP contribution in [-0.2, 0) is 11.3 Å². The van der Waals surface area contributed by atoms with E-state index in [9.17, 15) is 14.0 Å². The Morgan fingerprint density at radius 3 is 2.88 bits per heavy atom. The summed E-state index contributed by atoms with van der Waals surface area (Å²) in [6, 6.07) is 6.20. The van der Waals surface area contributed by atoms with Gasteiger partial charge in [-0.25, -0.2) is 19.2 Å². The molecule has 0 saturated heterocycles. The van der Waals surface area contributed by atoms with Crippen LogP contribution in [0.25, 0.3) is 16.8 Å². The lowest BCUT2D eigenvalue weighted by Gasteiger charge is -2.18. The number of rotatable bonds is 4. The van der Waals surface area contributed by atoms with E-state index in [0.29, 0.717) is 34.9 Å². The Balaban J connectivity index is 1.40. The van der Waals surface area contributed by atoms with Crippen LogP contribution in [0.3, 0.4) is 0 Å². The third kappa shape index (κ3) is 5.53. The molecular formula is C27H26ClFN8O4. The Morgan fingerprint density at radius 2 is 2.10 bits per heavy atom. The highest BCUT2D eigenvalue weighted by Crippen LogP contribution is 2.39. The van der Waals surface area contributed by atoms with Crippen molar-refractivity contribution in [3.8, 4) is 17.0 Å². The number of halogens is 2. The number of nitrogens with two attached hydrogens (primary N) is 1. The number of pyridine rings is 1. The van der Waals surface area contributed by atoms with E-state index in [1.165, 1.54) is 16.8 Å². The Hall–Kier alpha value is -4.65. The molecule has 6 rings (SSSR count). The molecule has 4 heterocycles. The first-order valence-electron chi connectivity index (χ1n) is 13.0. The summed E-state index contributed by atoms with van der Waals surface area (Å²) in [5.74, 6) is 0.0979. The van der Waals surface area contributed by atoms with Crippen molar-refractivity contribution >= 4 is 46.6 Å². The van der Waals surface area contributed by atoms with Gasteiger partial charge in [0.2, 0.25) is 5.88 Å². The molecule has 1 aliphatic carbocycles. The molecule has 0 radical (unpaired) electrons. The smallest absolute Gasteiger partial charge is 0.411 e. The largest absolute Gasteiger partial charge is 0.473 e. The highest BCUT2D eigenvalue weighted by atomic mass is 35.5. The van der Waals surface area contributed by atoms with Crippen LogP contribution in [0.2, 0.25) is 5.02 Å². The van der Waals surface area contributed by atoms with Crippen LogP contribution in [-0.4, -0.2) is 50.8 Å². The van der Waals surface area contributed by atoms with Gasteiger partial charge in [0, 0.05) is 23.4 Å². The number of aromatic nitrogens is 4. The maximum Gasteiger partial charge on any atom is 0.411 e. The summed E-state index contributed by atoms with van der Waals surface area (Å²) >= 11 is 6.69. The van der Waals surface area contributed by atoms with Gasteiger partial charge in [-0.05, 0) is 43.9 Å². The highest BCUT2D eigenvalue weighted by Gasteiger charge is 2.25. The van der Waals surface area contributed by atoms with Crippen LogP contribution in [0.4, 0.5) is 26.5 Å². The fourth-order valence-electron chi connectivity index (χ4n) is 4.44. The van der Waals surface area contributed by atoms with E-state index >= 15 is 0 Å². The van der Waals surface area contributed by atoms with Crippen molar-refractivity contribution in [2.45, 2.75) is 32.4 Å². The molecule has 0 spiro atoms. The predicted molar refractivity (Wildman–Crippen MR) is 149 cm³/mol. The molecule has 3 aromatic heterocycles. The van der Waals surface area contributed by atoms with Crippen LogP contribution in [0.5, 0.6) is 5.88 Å². The van der Waals surface area contributed by atoms with Crippen LogP contribution < -0.4 is 26.4 Å². The number of ether oxygens (including phenoxy) is 2. The third-order valence-electron chi connectivity index (χ3n) is 6.76. The predicted octanol–water partition coefficient (Wildman–Crippen LogP) is 4.25. The average molecular weight is 581 g/mol. The molecule has 2 bridgehead atoms. The number of amides is 2. The lowest BCUT2D eigenvalue weighted by molar-refractivity contribution is 0.0932. The fourth-order valence-corrected chi connectivity index (χ4v) is 4.72. The summed E-state index contributed by atoms with van der Waals surface area (Å²) < 4.78 is 26.6. The van der Waals surface area contributed by atoms with Gasteiger partial charge in [-0.2, -0.15) is 9.61 Å². The first-order chi connectivity index (χ1) is 19.8. The molecular weight excluding hydrogens is 555 g/mol. The molecule has 1 fully saturated rings. The molecule has 1 aromatic carbocycles. The van der Waals surface area contributed by atoms with Crippen molar-refractivity contribution in [2.75, 3.05) is 29.5 Å². The standard InChI is InChI=1S/C27H26ClFN8O4/c1-13-8-32-25(38)19-11-34-37-22(30)21(18-5-4-17(7-20(18)28)35-27(39)40-12-14-2-3-14)23(36-24(19)37)31-9-15-6-16(29)10-33-26(15)41-13/h4-7,10-11,13-14H,2-3,8-9,12,30H2,1H3,(H,31,36)(H,32,38)(H,35,39)/t13-/m0/s1. The van der Waals surface area contributed by atoms with E-state index in [4.69, 9.17) is 26.8 Å². The summed E-state index contributed by atoms with van der Waals surface area (Å²) in [7, 11) is 0. The molecule has 5 N–H and O–H groups in total. The van der Waals surface area contributed by atoms with Crippen LogP contribution in [0.1, 0.15) is 35.7 Å². The number of nitrogen functional groups attached to an aromatic ring is 1. The number of nitrogens with one attached hydrogen (secondary N) is 3. The molecule has 1 saturated carbocycles. The first-order valence-corrected chi connectivity index (χ1v) is 13.4. The Bertz CT molecular complexity index is 1680. The Morgan fingerprint density at radius 1 is 1.27 bits per heavy atom. The topological polar surface area (TPSA) is 158 Å².